The second-order valence-corrected chi connectivity index (χ2v) is 4.86. The van der Waals surface area contributed by atoms with E-state index in [1.54, 1.807) is 0 Å². The van der Waals surface area contributed by atoms with Gasteiger partial charge < -0.3 is 5.73 Å². The van der Waals surface area contributed by atoms with Crippen molar-refractivity contribution in [3.05, 3.63) is 46.5 Å². The van der Waals surface area contributed by atoms with E-state index in [4.69, 9.17) is 11.1 Å². The van der Waals surface area contributed by atoms with Crippen LogP contribution in [0, 0.1) is 12.3 Å². The van der Waals surface area contributed by atoms with Crippen LogP contribution < -0.4 is 5.73 Å². The molecule has 0 fully saturated rings. The van der Waals surface area contributed by atoms with Gasteiger partial charge in [-0.1, -0.05) is 26.0 Å². The Labute approximate surface area is 119 Å². The third-order valence-corrected chi connectivity index (χ3v) is 3.40. The summed E-state index contributed by atoms with van der Waals surface area (Å²) in [4.78, 5) is 4.52. The van der Waals surface area contributed by atoms with Crippen LogP contribution in [-0.4, -0.2) is 20.6 Å². The lowest BCUT2D eigenvalue weighted by Gasteiger charge is -2.09. The van der Waals surface area contributed by atoms with Crippen LogP contribution in [0.1, 0.15) is 42.2 Å². The van der Waals surface area contributed by atoms with E-state index in [2.05, 4.69) is 23.9 Å². The number of amidine groups is 1. The van der Waals surface area contributed by atoms with E-state index in [0.29, 0.717) is 6.54 Å². The van der Waals surface area contributed by atoms with E-state index in [1.807, 2.05) is 29.8 Å². The van der Waals surface area contributed by atoms with Crippen LogP contribution >= 0.6 is 0 Å². The molecule has 1 aromatic carbocycles. The number of nitrogens with zero attached hydrogens (tertiary/aromatic N) is 3. The minimum atomic E-state index is 0.0999. The molecule has 0 saturated heterocycles. The summed E-state index contributed by atoms with van der Waals surface area (Å²) < 4.78 is 1.97. The van der Waals surface area contributed by atoms with E-state index in [0.717, 1.165) is 35.6 Å². The van der Waals surface area contributed by atoms with Gasteiger partial charge in [-0.25, -0.2) is 9.67 Å². The number of benzene rings is 1. The average Bonchev–Trinajstić information content (AvgIpc) is 2.83. The van der Waals surface area contributed by atoms with Gasteiger partial charge in [0.1, 0.15) is 11.7 Å². The SMILES string of the molecule is CCc1nc(CC)n(Cc2ccc(C(=N)N)cc2C)n1. The maximum absolute atomic E-state index is 7.47. The number of hydrogen-bond acceptors (Lipinski definition) is 3. The highest BCUT2D eigenvalue weighted by atomic mass is 15.3. The molecule has 5 nitrogen and oxygen atoms in total. The molecule has 0 amide bonds. The lowest BCUT2D eigenvalue weighted by Crippen LogP contribution is -2.12. The monoisotopic (exact) mass is 271 g/mol. The smallest absolute Gasteiger partial charge is 0.150 e. The highest BCUT2D eigenvalue weighted by Crippen LogP contribution is 2.13. The van der Waals surface area contributed by atoms with E-state index in [9.17, 15) is 0 Å². The Morgan fingerprint density at radius 2 is 2.05 bits per heavy atom. The molecule has 106 valence electrons. The van der Waals surface area contributed by atoms with Crippen LogP contribution in [0.3, 0.4) is 0 Å². The number of rotatable bonds is 5. The Hall–Kier alpha value is -2.17. The zero-order chi connectivity index (χ0) is 14.7. The third kappa shape index (κ3) is 2.87. The molecule has 1 aromatic heterocycles. The first kappa shape index (κ1) is 14.2. The Morgan fingerprint density at radius 1 is 1.30 bits per heavy atom. The fraction of sp³-hybridized carbons (Fsp3) is 0.400. The Kier molecular flexibility index (Phi) is 4.17. The molecule has 0 bridgehead atoms. The standard InChI is InChI=1S/C15H21N5/c1-4-13-18-14(5-2)20(19-13)9-12-7-6-11(15(16)17)8-10(12)3/h6-8H,4-5,9H2,1-3H3,(H3,16,17). The summed E-state index contributed by atoms with van der Waals surface area (Å²) in [5.41, 5.74) is 8.56. The van der Waals surface area contributed by atoms with Crippen molar-refractivity contribution in [2.75, 3.05) is 0 Å². The van der Waals surface area contributed by atoms with Crippen LogP contribution in [0.2, 0.25) is 0 Å². The van der Waals surface area contributed by atoms with Crippen LogP contribution in [0.25, 0.3) is 0 Å². The second-order valence-electron chi connectivity index (χ2n) is 4.86. The molecule has 0 unspecified atom stereocenters. The van der Waals surface area contributed by atoms with Gasteiger partial charge in [-0.15, -0.1) is 0 Å². The molecule has 2 aromatic rings. The molecule has 3 N–H and O–H groups in total. The highest BCUT2D eigenvalue weighted by molar-refractivity contribution is 5.95. The van der Waals surface area contributed by atoms with Crippen LogP contribution in [0.5, 0.6) is 0 Å². The number of nitrogen functional groups attached to an aromatic ring is 1. The van der Waals surface area contributed by atoms with Gasteiger partial charge in [0, 0.05) is 18.4 Å². The van der Waals surface area contributed by atoms with E-state index < -0.39 is 0 Å². The first-order valence-corrected chi connectivity index (χ1v) is 6.91. The van der Waals surface area contributed by atoms with Crippen LogP contribution in [-0.2, 0) is 19.4 Å². The average molecular weight is 271 g/mol. The van der Waals surface area contributed by atoms with Gasteiger partial charge in [0.2, 0.25) is 0 Å². The quantitative estimate of drug-likeness (QED) is 0.645. The molecule has 1 heterocycles. The van der Waals surface area contributed by atoms with E-state index >= 15 is 0 Å². The minimum absolute atomic E-state index is 0.0999. The number of hydrogen-bond donors (Lipinski definition) is 2. The summed E-state index contributed by atoms with van der Waals surface area (Å²) >= 11 is 0. The predicted molar refractivity (Wildman–Crippen MR) is 80.1 cm³/mol. The molecule has 2 rings (SSSR count). The summed E-state index contributed by atoms with van der Waals surface area (Å²) in [6.45, 7) is 6.89. The molecule has 0 aliphatic rings. The van der Waals surface area contributed by atoms with Gasteiger partial charge >= 0.3 is 0 Å². The fourth-order valence-electron chi connectivity index (χ4n) is 2.17. The third-order valence-electron chi connectivity index (χ3n) is 3.40. The van der Waals surface area contributed by atoms with Crippen LogP contribution in [0.15, 0.2) is 18.2 Å². The molecule has 0 aliphatic carbocycles. The lowest BCUT2D eigenvalue weighted by molar-refractivity contribution is 0.635. The van der Waals surface area contributed by atoms with Crippen LogP contribution in [0.4, 0.5) is 0 Å². The van der Waals surface area contributed by atoms with Gasteiger partial charge in [-0.3, -0.25) is 5.41 Å². The Morgan fingerprint density at radius 3 is 2.60 bits per heavy atom. The predicted octanol–water partition coefficient (Wildman–Crippen LogP) is 2.04. The van der Waals surface area contributed by atoms with Crippen molar-refractivity contribution >= 4 is 5.84 Å². The zero-order valence-corrected chi connectivity index (χ0v) is 12.3. The Balaban J connectivity index is 2.30. The largest absolute Gasteiger partial charge is 0.384 e. The molecule has 0 radical (unpaired) electrons. The molecular weight excluding hydrogens is 250 g/mol. The van der Waals surface area contributed by atoms with Crippen molar-refractivity contribution < 1.29 is 0 Å². The normalized spacial score (nSPS) is 10.8. The first-order valence-electron chi connectivity index (χ1n) is 6.91. The number of aryl methyl sites for hydroxylation is 3. The number of nitrogens with two attached hydrogens (primary N) is 1. The first-order chi connectivity index (χ1) is 9.55. The molecule has 5 heteroatoms. The van der Waals surface area contributed by atoms with Crippen molar-refractivity contribution in [1.82, 2.24) is 14.8 Å². The maximum atomic E-state index is 7.47. The Bertz CT molecular complexity index is 627. The van der Waals surface area contributed by atoms with Gasteiger partial charge in [0.15, 0.2) is 5.82 Å². The molecule has 20 heavy (non-hydrogen) atoms. The summed E-state index contributed by atoms with van der Waals surface area (Å²) in [5, 5.41) is 12.0. The zero-order valence-electron chi connectivity index (χ0n) is 12.3. The van der Waals surface area contributed by atoms with Crippen molar-refractivity contribution in [2.24, 2.45) is 5.73 Å². The molecular formula is C15H21N5. The molecule has 0 spiro atoms. The minimum Gasteiger partial charge on any atom is -0.384 e. The summed E-state index contributed by atoms with van der Waals surface area (Å²) in [5.74, 6) is 2.00. The molecule has 0 atom stereocenters. The second kappa shape index (κ2) is 5.86. The number of aromatic nitrogens is 3. The summed E-state index contributed by atoms with van der Waals surface area (Å²) in [7, 11) is 0. The fourth-order valence-corrected chi connectivity index (χ4v) is 2.17. The van der Waals surface area contributed by atoms with E-state index in [1.165, 1.54) is 5.56 Å². The van der Waals surface area contributed by atoms with Crippen molar-refractivity contribution in [2.45, 2.75) is 40.2 Å². The molecule has 0 aliphatic heterocycles. The summed E-state index contributed by atoms with van der Waals surface area (Å²) in [6, 6.07) is 5.84. The summed E-state index contributed by atoms with van der Waals surface area (Å²) in [6.07, 6.45) is 1.72. The van der Waals surface area contributed by atoms with Gasteiger partial charge in [-0.05, 0) is 24.1 Å². The molecule has 0 saturated carbocycles. The lowest BCUT2D eigenvalue weighted by atomic mass is 10.0. The van der Waals surface area contributed by atoms with Crippen molar-refractivity contribution in [3.8, 4) is 0 Å². The number of nitrogens with one attached hydrogen (secondary N) is 1. The van der Waals surface area contributed by atoms with Gasteiger partial charge in [0.05, 0.1) is 6.54 Å². The van der Waals surface area contributed by atoms with Gasteiger partial charge in [-0.2, -0.15) is 5.10 Å². The van der Waals surface area contributed by atoms with Crippen molar-refractivity contribution in [3.63, 3.8) is 0 Å². The topological polar surface area (TPSA) is 80.6 Å². The maximum Gasteiger partial charge on any atom is 0.150 e. The van der Waals surface area contributed by atoms with Crippen molar-refractivity contribution in [1.29, 1.82) is 5.41 Å². The van der Waals surface area contributed by atoms with E-state index in [-0.39, 0.29) is 5.84 Å². The highest BCUT2D eigenvalue weighted by Gasteiger charge is 2.09. The van der Waals surface area contributed by atoms with Gasteiger partial charge in [0.25, 0.3) is 0 Å².